The summed E-state index contributed by atoms with van der Waals surface area (Å²) in [5, 5.41) is 9.10. The number of benzene rings is 1. The molecule has 1 amide bonds. The Kier molecular flexibility index (Phi) is 4.99. The van der Waals surface area contributed by atoms with E-state index in [2.05, 4.69) is 6.92 Å². The molecule has 1 aromatic rings. The zero-order valence-electron chi connectivity index (χ0n) is 12.7. The van der Waals surface area contributed by atoms with Gasteiger partial charge in [0.25, 0.3) is 0 Å². The van der Waals surface area contributed by atoms with Crippen molar-refractivity contribution in [2.24, 2.45) is 11.8 Å². The van der Waals surface area contributed by atoms with Crippen molar-refractivity contribution in [3.8, 4) is 0 Å². The summed E-state index contributed by atoms with van der Waals surface area (Å²) in [5.74, 6) is -0.399. The average molecular weight is 289 g/mol. The van der Waals surface area contributed by atoms with Crippen LogP contribution in [0, 0.1) is 18.8 Å². The molecule has 1 aliphatic rings. The van der Waals surface area contributed by atoms with E-state index in [9.17, 15) is 9.59 Å². The van der Waals surface area contributed by atoms with Gasteiger partial charge in [0.05, 0.1) is 0 Å². The van der Waals surface area contributed by atoms with E-state index in [-0.39, 0.29) is 18.4 Å². The number of carboxylic acid groups (broad SMARTS) is 1. The van der Waals surface area contributed by atoms with Crippen LogP contribution in [0.3, 0.4) is 0 Å². The number of aliphatic carboxylic acids is 1. The second-order valence-electron chi connectivity index (χ2n) is 6.11. The molecular weight excluding hydrogens is 266 g/mol. The van der Waals surface area contributed by atoms with Crippen molar-refractivity contribution in [1.29, 1.82) is 0 Å². The highest BCUT2D eigenvalue weighted by atomic mass is 16.4. The number of carboxylic acids is 1. The van der Waals surface area contributed by atoms with Gasteiger partial charge in [0, 0.05) is 11.6 Å². The summed E-state index contributed by atoms with van der Waals surface area (Å²) < 4.78 is 0. The lowest BCUT2D eigenvalue weighted by Crippen LogP contribution is -2.40. The van der Waals surface area contributed by atoms with Crippen LogP contribution in [0.5, 0.6) is 0 Å². The second kappa shape index (κ2) is 6.74. The summed E-state index contributed by atoms with van der Waals surface area (Å²) in [4.78, 5) is 25.2. The van der Waals surface area contributed by atoms with Crippen LogP contribution >= 0.6 is 0 Å². The van der Waals surface area contributed by atoms with E-state index < -0.39 is 5.97 Å². The summed E-state index contributed by atoms with van der Waals surface area (Å²) in [7, 11) is 0. The Morgan fingerprint density at radius 2 is 1.71 bits per heavy atom. The average Bonchev–Trinajstić information content (AvgIpc) is 2.46. The van der Waals surface area contributed by atoms with E-state index in [1.807, 2.05) is 31.2 Å². The summed E-state index contributed by atoms with van der Waals surface area (Å²) in [6.07, 6.45) is 3.82. The Hall–Kier alpha value is -1.84. The van der Waals surface area contributed by atoms with Crippen LogP contribution in [-0.4, -0.2) is 23.5 Å². The maximum absolute atomic E-state index is 12.7. The molecule has 0 bridgehead atoms. The summed E-state index contributed by atoms with van der Waals surface area (Å²) in [5.41, 5.74) is 1.76. The minimum atomic E-state index is -0.979. The van der Waals surface area contributed by atoms with Gasteiger partial charge in [-0.15, -0.1) is 0 Å². The monoisotopic (exact) mass is 289 g/mol. The highest BCUT2D eigenvalue weighted by Gasteiger charge is 2.29. The standard InChI is InChI=1S/C17H23NO3/c1-12-3-7-14(8-4-12)17(21)18(11-16(19)20)15-9-5-13(2)6-10-15/h5-6,9-10,12,14H,3-4,7-8,11H2,1-2H3,(H,19,20). The van der Waals surface area contributed by atoms with Crippen LogP contribution < -0.4 is 4.90 Å². The fraction of sp³-hybridized carbons (Fsp3) is 0.529. The normalized spacial score (nSPS) is 21.8. The van der Waals surface area contributed by atoms with Gasteiger partial charge in [0.2, 0.25) is 5.91 Å². The number of carbonyl (C=O) groups is 2. The van der Waals surface area contributed by atoms with Crippen LogP contribution in [0.15, 0.2) is 24.3 Å². The SMILES string of the molecule is Cc1ccc(N(CC(=O)O)C(=O)C2CCC(C)CC2)cc1. The van der Waals surface area contributed by atoms with E-state index in [1.165, 1.54) is 4.90 Å². The Morgan fingerprint density at radius 3 is 2.24 bits per heavy atom. The van der Waals surface area contributed by atoms with Gasteiger partial charge in [-0.3, -0.25) is 9.59 Å². The lowest BCUT2D eigenvalue weighted by atomic mass is 9.82. The first-order chi connectivity index (χ1) is 9.97. The topological polar surface area (TPSA) is 57.6 Å². The first-order valence-corrected chi connectivity index (χ1v) is 7.57. The quantitative estimate of drug-likeness (QED) is 0.925. The molecule has 114 valence electrons. The molecule has 0 heterocycles. The fourth-order valence-corrected chi connectivity index (χ4v) is 2.88. The minimum absolute atomic E-state index is 0.0400. The first kappa shape index (κ1) is 15.5. The predicted octanol–water partition coefficient (Wildman–Crippen LogP) is 3.24. The molecule has 0 aromatic heterocycles. The van der Waals surface area contributed by atoms with Crippen LogP contribution in [0.25, 0.3) is 0 Å². The molecule has 0 atom stereocenters. The van der Waals surface area contributed by atoms with Crippen molar-refractivity contribution < 1.29 is 14.7 Å². The molecule has 2 rings (SSSR count). The van der Waals surface area contributed by atoms with Gasteiger partial charge in [-0.25, -0.2) is 0 Å². The summed E-state index contributed by atoms with van der Waals surface area (Å²) in [6.45, 7) is 3.90. The van der Waals surface area contributed by atoms with Crippen molar-refractivity contribution in [1.82, 2.24) is 0 Å². The Balaban J connectivity index is 2.17. The molecule has 1 fully saturated rings. The van der Waals surface area contributed by atoms with Crippen LogP contribution in [0.1, 0.15) is 38.2 Å². The van der Waals surface area contributed by atoms with E-state index in [1.54, 1.807) is 0 Å². The second-order valence-corrected chi connectivity index (χ2v) is 6.11. The number of hydrogen-bond donors (Lipinski definition) is 1. The number of rotatable bonds is 4. The number of aryl methyl sites for hydroxylation is 1. The number of amides is 1. The third kappa shape index (κ3) is 4.06. The summed E-state index contributed by atoms with van der Waals surface area (Å²) >= 11 is 0. The van der Waals surface area contributed by atoms with Gasteiger partial charge in [0.15, 0.2) is 0 Å². The largest absolute Gasteiger partial charge is 0.480 e. The van der Waals surface area contributed by atoms with Crippen molar-refractivity contribution in [3.63, 3.8) is 0 Å². The Labute approximate surface area is 125 Å². The zero-order valence-corrected chi connectivity index (χ0v) is 12.7. The molecule has 4 nitrogen and oxygen atoms in total. The van der Waals surface area contributed by atoms with Crippen molar-refractivity contribution in [2.75, 3.05) is 11.4 Å². The molecule has 0 aliphatic heterocycles. The van der Waals surface area contributed by atoms with E-state index in [0.29, 0.717) is 11.6 Å². The lowest BCUT2D eigenvalue weighted by Gasteiger charge is -2.30. The molecule has 1 saturated carbocycles. The van der Waals surface area contributed by atoms with Gasteiger partial charge in [-0.05, 0) is 50.7 Å². The number of carbonyl (C=O) groups excluding carboxylic acids is 1. The number of nitrogens with zero attached hydrogens (tertiary/aromatic N) is 1. The van der Waals surface area contributed by atoms with Crippen LogP contribution in [0.4, 0.5) is 5.69 Å². The van der Waals surface area contributed by atoms with Crippen molar-refractivity contribution in [3.05, 3.63) is 29.8 Å². The maximum Gasteiger partial charge on any atom is 0.323 e. The van der Waals surface area contributed by atoms with Crippen LogP contribution in [0.2, 0.25) is 0 Å². The molecule has 0 radical (unpaired) electrons. The maximum atomic E-state index is 12.7. The fourth-order valence-electron chi connectivity index (χ4n) is 2.88. The molecule has 1 aromatic carbocycles. The first-order valence-electron chi connectivity index (χ1n) is 7.57. The van der Waals surface area contributed by atoms with Gasteiger partial charge in [0.1, 0.15) is 6.54 Å². The Morgan fingerprint density at radius 1 is 1.14 bits per heavy atom. The van der Waals surface area contributed by atoms with E-state index in [4.69, 9.17) is 5.11 Å². The molecule has 4 heteroatoms. The predicted molar refractivity (Wildman–Crippen MR) is 82.3 cm³/mol. The van der Waals surface area contributed by atoms with Crippen LogP contribution in [-0.2, 0) is 9.59 Å². The molecule has 1 N–H and O–H groups in total. The van der Waals surface area contributed by atoms with Crippen molar-refractivity contribution >= 4 is 17.6 Å². The van der Waals surface area contributed by atoms with Gasteiger partial charge < -0.3 is 10.0 Å². The Bertz CT molecular complexity index is 501. The molecule has 0 saturated heterocycles. The molecule has 0 spiro atoms. The van der Waals surface area contributed by atoms with E-state index in [0.717, 1.165) is 31.2 Å². The molecule has 0 unspecified atom stereocenters. The lowest BCUT2D eigenvalue weighted by molar-refractivity contribution is -0.137. The minimum Gasteiger partial charge on any atom is -0.480 e. The zero-order chi connectivity index (χ0) is 15.4. The highest BCUT2D eigenvalue weighted by Crippen LogP contribution is 2.31. The molecular formula is C17H23NO3. The molecule has 21 heavy (non-hydrogen) atoms. The smallest absolute Gasteiger partial charge is 0.323 e. The highest BCUT2D eigenvalue weighted by molar-refractivity contribution is 5.98. The van der Waals surface area contributed by atoms with Gasteiger partial charge in [-0.2, -0.15) is 0 Å². The van der Waals surface area contributed by atoms with E-state index >= 15 is 0 Å². The van der Waals surface area contributed by atoms with Crippen molar-refractivity contribution in [2.45, 2.75) is 39.5 Å². The summed E-state index contributed by atoms with van der Waals surface area (Å²) in [6, 6.07) is 7.45. The van der Waals surface area contributed by atoms with Gasteiger partial charge in [-0.1, -0.05) is 24.6 Å². The third-order valence-corrected chi connectivity index (χ3v) is 4.27. The third-order valence-electron chi connectivity index (χ3n) is 4.27. The number of anilines is 1. The number of hydrogen-bond acceptors (Lipinski definition) is 2. The molecule has 1 aliphatic carbocycles. The van der Waals surface area contributed by atoms with Gasteiger partial charge >= 0.3 is 5.97 Å².